The SMILES string of the molecule is [C-]#[N+]C1=CCCN(C)C1. The van der Waals surface area contributed by atoms with Crippen molar-refractivity contribution in [1.82, 2.24) is 4.90 Å². The molecule has 0 spiro atoms. The molecule has 0 amide bonds. The number of likely N-dealkylation sites (N-methyl/N-ethyl adjacent to an activating group) is 1. The van der Waals surface area contributed by atoms with Crippen LogP contribution < -0.4 is 0 Å². The van der Waals surface area contributed by atoms with Gasteiger partial charge in [-0.2, -0.15) is 0 Å². The van der Waals surface area contributed by atoms with Gasteiger partial charge in [0, 0.05) is 6.54 Å². The van der Waals surface area contributed by atoms with Crippen LogP contribution in [0.5, 0.6) is 0 Å². The van der Waals surface area contributed by atoms with Gasteiger partial charge in [-0.25, -0.2) is 4.85 Å². The van der Waals surface area contributed by atoms with Gasteiger partial charge in [-0.1, -0.05) is 6.08 Å². The molecule has 0 saturated carbocycles. The molecular formula is C7H10N2. The lowest BCUT2D eigenvalue weighted by atomic mass is 10.2. The van der Waals surface area contributed by atoms with Gasteiger partial charge in [-0.3, -0.25) is 0 Å². The van der Waals surface area contributed by atoms with E-state index in [1.54, 1.807) is 0 Å². The van der Waals surface area contributed by atoms with E-state index >= 15 is 0 Å². The van der Waals surface area contributed by atoms with E-state index in [-0.39, 0.29) is 0 Å². The minimum Gasteiger partial charge on any atom is -0.312 e. The lowest BCUT2D eigenvalue weighted by Gasteiger charge is -2.18. The van der Waals surface area contributed by atoms with Crippen LogP contribution in [0.2, 0.25) is 0 Å². The van der Waals surface area contributed by atoms with Crippen molar-refractivity contribution < 1.29 is 0 Å². The van der Waals surface area contributed by atoms with Crippen molar-refractivity contribution in [3.8, 4) is 0 Å². The van der Waals surface area contributed by atoms with E-state index in [9.17, 15) is 0 Å². The maximum atomic E-state index is 6.72. The van der Waals surface area contributed by atoms with E-state index in [2.05, 4.69) is 9.74 Å². The van der Waals surface area contributed by atoms with E-state index < -0.39 is 0 Å². The smallest absolute Gasteiger partial charge is 0.175 e. The summed E-state index contributed by atoms with van der Waals surface area (Å²) in [4.78, 5) is 5.53. The van der Waals surface area contributed by atoms with Gasteiger partial charge in [0.2, 0.25) is 0 Å². The zero-order chi connectivity index (χ0) is 6.69. The Kier molecular flexibility index (Phi) is 1.86. The predicted octanol–water partition coefficient (Wildman–Crippen LogP) is 1.13. The Morgan fingerprint density at radius 2 is 2.56 bits per heavy atom. The first kappa shape index (κ1) is 6.31. The van der Waals surface area contributed by atoms with Crippen LogP contribution in [0.3, 0.4) is 0 Å². The molecule has 9 heavy (non-hydrogen) atoms. The van der Waals surface area contributed by atoms with Gasteiger partial charge in [0.1, 0.15) is 0 Å². The normalized spacial score (nSPS) is 20.7. The molecule has 0 N–H and O–H groups in total. The van der Waals surface area contributed by atoms with E-state index in [1.807, 2.05) is 13.1 Å². The molecule has 0 bridgehead atoms. The Bertz CT molecular complexity index is 164. The highest BCUT2D eigenvalue weighted by molar-refractivity contribution is 5.14. The van der Waals surface area contributed by atoms with Gasteiger partial charge in [0.15, 0.2) is 5.70 Å². The molecule has 1 aliphatic rings. The summed E-state index contributed by atoms with van der Waals surface area (Å²) in [7, 11) is 2.04. The van der Waals surface area contributed by atoms with Gasteiger partial charge in [0.05, 0.1) is 6.57 Å². The molecular weight excluding hydrogens is 112 g/mol. The summed E-state index contributed by atoms with van der Waals surface area (Å²) < 4.78 is 0. The molecule has 1 aliphatic heterocycles. The molecule has 0 fully saturated rings. The molecule has 0 saturated heterocycles. The number of hydrogen-bond donors (Lipinski definition) is 0. The highest BCUT2D eigenvalue weighted by Crippen LogP contribution is 2.07. The Morgan fingerprint density at radius 3 is 3.00 bits per heavy atom. The number of hydrogen-bond acceptors (Lipinski definition) is 1. The number of nitrogens with zero attached hydrogens (tertiary/aromatic N) is 2. The molecule has 0 aromatic carbocycles. The molecule has 2 nitrogen and oxygen atoms in total. The van der Waals surface area contributed by atoms with E-state index in [0.717, 1.165) is 25.2 Å². The first-order valence-corrected chi connectivity index (χ1v) is 3.08. The Morgan fingerprint density at radius 1 is 1.78 bits per heavy atom. The second-order valence-corrected chi connectivity index (χ2v) is 2.33. The molecule has 2 heteroatoms. The average Bonchev–Trinajstić information content (AvgIpc) is 1.88. The second-order valence-electron chi connectivity index (χ2n) is 2.33. The minimum absolute atomic E-state index is 0.837. The maximum absolute atomic E-state index is 6.72. The third-order valence-electron chi connectivity index (χ3n) is 1.47. The van der Waals surface area contributed by atoms with Crippen LogP contribution in [0.15, 0.2) is 11.8 Å². The Hall–Kier alpha value is -0.810. The number of rotatable bonds is 0. The summed E-state index contributed by atoms with van der Waals surface area (Å²) in [5.41, 5.74) is 0.892. The van der Waals surface area contributed by atoms with Crippen LogP contribution in [0.25, 0.3) is 4.85 Å². The summed E-state index contributed by atoms with van der Waals surface area (Å²) in [6.07, 6.45) is 3.06. The van der Waals surface area contributed by atoms with Gasteiger partial charge >= 0.3 is 0 Å². The van der Waals surface area contributed by atoms with Crippen LogP contribution >= 0.6 is 0 Å². The van der Waals surface area contributed by atoms with Crippen molar-refractivity contribution in [2.45, 2.75) is 6.42 Å². The quantitative estimate of drug-likeness (QED) is 0.437. The topological polar surface area (TPSA) is 7.60 Å². The van der Waals surface area contributed by atoms with Crippen LogP contribution in [-0.4, -0.2) is 25.0 Å². The fraction of sp³-hybridized carbons (Fsp3) is 0.571. The highest BCUT2D eigenvalue weighted by Gasteiger charge is 2.06. The van der Waals surface area contributed by atoms with Crippen LogP contribution in [0.4, 0.5) is 0 Å². The van der Waals surface area contributed by atoms with Crippen LogP contribution in [0, 0.1) is 6.57 Å². The lowest BCUT2D eigenvalue weighted by molar-refractivity contribution is 0.358. The first-order valence-electron chi connectivity index (χ1n) is 3.08. The van der Waals surface area contributed by atoms with Crippen molar-refractivity contribution in [1.29, 1.82) is 0 Å². The zero-order valence-electron chi connectivity index (χ0n) is 5.59. The highest BCUT2D eigenvalue weighted by atomic mass is 15.1. The predicted molar refractivity (Wildman–Crippen MR) is 36.8 cm³/mol. The van der Waals surface area contributed by atoms with Crippen LogP contribution in [0.1, 0.15) is 6.42 Å². The van der Waals surface area contributed by atoms with Crippen molar-refractivity contribution >= 4 is 0 Å². The van der Waals surface area contributed by atoms with Crippen LogP contribution in [-0.2, 0) is 0 Å². The first-order chi connectivity index (χ1) is 4.33. The zero-order valence-corrected chi connectivity index (χ0v) is 5.59. The maximum Gasteiger partial charge on any atom is 0.175 e. The molecule has 0 aromatic rings. The fourth-order valence-corrected chi connectivity index (χ4v) is 0.953. The molecule has 0 radical (unpaired) electrons. The van der Waals surface area contributed by atoms with Crippen molar-refractivity contribution in [2.75, 3.05) is 20.1 Å². The van der Waals surface area contributed by atoms with Crippen molar-refractivity contribution in [2.24, 2.45) is 0 Å². The summed E-state index contributed by atoms with van der Waals surface area (Å²) in [5, 5.41) is 0. The third-order valence-corrected chi connectivity index (χ3v) is 1.47. The Balaban J connectivity index is 2.56. The van der Waals surface area contributed by atoms with Crippen molar-refractivity contribution in [3.05, 3.63) is 23.2 Å². The summed E-state index contributed by atoms with van der Waals surface area (Å²) in [6.45, 7) is 8.65. The lowest BCUT2D eigenvalue weighted by Crippen LogP contribution is -2.24. The van der Waals surface area contributed by atoms with Gasteiger partial charge in [-0.15, -0.1) is 0 Å². The molecule has 0 aromatic heterocycles. The fourth-order valence-electron chi connectivity index (χ4n) is 0.953. The van der Waals surface area contributed by atoms with E-state index in [0.29, 0.717) is 0 Å². The Labute approximate surface area is 55.6 Å². The molecule has 1 rings (SSSR count). The van der Waals surface area contributed by atoms with Crippen molar-refractivity contribution in [3.63, 3.8) is 0 Å². The van der Waals surface area contributed by atoms with E-state index in [1.165, 1.54) is 0 Å². The molecule has 48 valence electrons. The van der Waals surface area contributed by atoms with Gasteiger partial charge in [0.25, 0.3) is 0 Å². The van der Waals surface area contributed by atoms with Gasteiger partial charge in [-0.05, 0) is 20.0 Å². The third kappa shape index (κ3) is 1.55. The largest absolute Gasteiger partial charge is 0.312 e. The molecule has 0 aliphatic carbocycles. The molecule has 0 unspecified atom stereocenters. The summed E-state index contributed by atoms with van der Waals surface area (Å²) in [5.74, 6) is 0. The molecule has 1 heterocycles. The molecule has 0 atom stereocenters. The standard InChI is InChI=1S/C7H10N2/c1-8-7-4-3-5-9(2)6-7/h4H,3,5-6H2,2H3. The monoisotopic (exact) mass is 122 g/mol. The van der Waals surface area contributed by atoms with Gasteiger partial charge < -0.3 is 4.90 Å². The van der Waals surface area contributed by atoms with E-state index in [4.69, 9.17) is 6.57 Å². The summed E-state index contributed by atoms with van der Waals surface area (Å²) in [6, 6.07) is 0. The average molecular weight is 122 g/mol. The minimum atomic E-state index is 0.837. The second kappa shape index (κ2) is 2.65. The summed E-state index contributed by atoms with van der Waals surface area (Å²) >= 11 is 0.